The zero-order chi connectivity index (χ0) is 18.0. The Labute approximate surface area is 148 Å². The van der Waals surface area contributed by atoms with Gasteiger partial charge in [0.25, 0.3) is 5.91 Å². The van der Waals surface area contributed by atoms with Crippen LogP contribution in [0.3, 0.4) is 0 Å². The molecule has 25 heavy (non-hydrogen) atoms. The normalized spacial score (nSPS) is 15.9. The lowest BCUT2D eigenvalue weighted by Gasteiger charge is -2.19. The fourth-order valence-electron chi connectivity index (χ4n) is 2.62. The number of carbonyl (C=O) groups excluding carboxylic acids is 1. The van der Waals surface area contributed by atoms with Crippen molar-refractivity contribution in [2.45, 2.75) is 26.2 Å². The zero-order valence-electron chi connectivity index (χ0n) is 15.0. The number of nitrogens with one attached hydrogen (secondary N) is 1. The van der Waals surface area contributed by atoms with Gasteiger partial charge in [-0.05, 0) is 34.8 Å². The summed E-state index contributed by atoms with van der Waals surface area (Å²) in [7, 11) is 1.62. The number of rotatable bonds is 3. The summed E-state index contributed by atoms with van der Waals surface area (Å²) in [5.41, 5.74) is 3.50. The van der Waals surface area contributed by atoms with Gasteiger partial charge in [-0.3, -0.25) is 4.79 Å². The average Bonchev–Trinajstić information content (AvgIpc) is 2.95. The minimum atomic E-state index is -0.197. The molecule has 1 N–H and O–H groups in total. The van der Waals surface area contributed by atoms with Gasteiger partial charge in [0.2, 0.25) is 0 Å². The number of hydrogen-bond donors (Lipinski definition) is 1. The van der Waals surface area contributed by atoms with Crippen molar-refractivity contribution in [3.8, 4) is 5.75 Å². The second-order valence-electron chi connectivity index (χ2n) is 7.05. The Kier molecular flexibility index (Phi) is 4.45. The van der Waals surface area contributed by atoms with Crippen LogP contribution in [0, 0.1) is 0 Å². The predicted molar refractivity (Wildman–Crippen MR) is 101 cm³/mol. The molecule has 1 aliphatic heterocycles. The van der Waals surface area contributed by atoms with E-state index in [1.807, 2.05) is 36.4 Å². The summed E-state index contributed by atoms with van der Waals surface area (Å²) in [5.74, 6) is 1.13. The third-order valence-corrected chi connectivity index (χ3v) is 4.12. The van der Waals surface area contributed by atoms with Crippen LogP contribution in [-0.2, 0) is 10.2 Å². The fourth-order valence-corrected chi connectivity index (χ4v) is 2.62. The first-order valence-corrected chi connectivity index (χ1v) is 8.23. The number of nitrogens with zero attached hydrogens (tertiary/aromatic N) is 1. The highest BCUT2D eigenvalue weighted by atomic mass is 16.5. The first-order valence-electron chi connectivity index (χ1n) is 8.23. The van der Waals surface area contributed by atoms with Crippen LogP contribution in [0.15, 0.2) is 59.2 Å². The third-order valence-electron chi connectivity index (χ3n) is 4.12. The highest BCUT2D eigenvalue weighted by Gasteiger charge is 2.21. The first-order chi connectivity index (χ1) is 11.9. The van der Waals surface area contributed by atoms with Crippen molar-refractivity contribution in [2.75, 3.05) is 7.11 Å². The molecule has 1 amide bonds. The lowest BCUT2D eigenvalue weighted by Crippen LogP contribution is -2.24. The second kappa shape index (κ2) is 6.55. The average molecular weight is 334 g/mol. The van der Waals surface area contributed by atoms with Gasteiger partial charge in [-0.2, -0.15) is 0 Å². The van der Waals surface area contributed by atoms with E-state index in [1.165, 1.54) is 5.56 Å². The molecule has 4 heteroatoms. The van der Waals surface area contributed by atoms with Crippen molar-refractivity contribution in [3.05, 3.63) is 70.9 Å². The highest BCUT2D eigenvalue weighted by molar-refractivity contribution is 6.19. The standard InChI is InChI=1S/C21H22N2O2/c1-21(2,3)16-10-8-15(9-11-16)19-22-18(20(24)23-19)13-14-6-5-7-17(12-14)25-4/h5-13H,1-4H3,(H,22,23,24)/b18-13+. The van der Waals surface area contributed by atoms with E-state index in [2.05, 4.69) is 43.2 Å². The molecule has 0 spiro atoms. The molecule has 4 nitrogen and oxygen atoms in total. The van der Waals surface area contributed by atoms with Gasteiger partial charge in [0.1, 0.15) is 17.3 Å². The molecular weight excluding hydrogens is 312 g/mol. The van der Waals surface area contributed by atoms with Crippen molar-refractivity contribution >= 4 is 17.8 Å². The molecule has 0 atom stereocenters. The number of ether oxygens (including phenoxy) is 1. The maximum atomic E-state index is 12.2. The van der Waals surface area contributed by atoms with Gasteiger partial charge in [0.15, 0.2) is 0 Å². The Morgan fingerprint density at radius 3 is 2.44 bits per heavy atom. The van der Waals surface area contributed by atoms with Crippen molar-refractivity contribution in [3.63, 3.8) is 0 Å². The van der Waals surface area contributed by atoms with Crippen LogP contribution in [0.1, 0.15) is 37.5 Å². The van der Waals surface area contributed by atoms with Crippen molar-refractivity contribution in [1.82, 2.24) is 5.32 Å². The van der Waals surface area contributed by atoms with E-state index in [0.29, 0.717) is 11.5 Å². The van der Waals surface area contributed by atoms with Gasteiger partial charge in [-0.25, -0.2) is 4.99 Å². The van der Waals surface area contributed by atoms with Crippen molar-refractivity contribution in [1.29, 1.82) is 0 Å². The molecule has 0 radical (unpaired) electrons. The lowest BCUT2D eigenvalue weighted by atomic mass is 9.86. The molecule has 0 aliphatic carbocycles. The number of methoxy groups -OCH3 is 1. The summed E-state index contributed by atoms with van der Waals surface area (Å²) in [6, 6.07) is 15.7. The molecule has 1 heterocycles. The molecule has 0 bridgehead atoms. The van der Waals surface area contributed by atoms with Crippen molar-refractivity contribution in [2.24, 2.45) is 4.99 Å². The van der Waals surface area contributed by atoms with Crippen LogP contribution in [0.4, 0.5) is 0 Å². The predicted octanol–water partition coefficient (Wildman–Crippen LogP) is 3.91. The quantitative estimate of drug-likeness (QED) is 0.865. The van der Waals surface area contributed by atoms with Crippen LogP contribution in [0.25, 0.3) is 6.08 Å². The van der Waals surface area contributed by atoms with Crippen LogP contribution < -0.4 is 10.1 Å². The third kappa shape index (κ3) is 3.79. The fraction of sp³-hybridized carbons (Fsp3) is 0.238. The van der Waals surface area contributed by atoms with E-state index in [1.54, 1.807) is 13.2 Å². The summed E-state index contributed by atoms with van der Waals surface area (Å²) < 4.78 is 5.21. The van der Waals surface area contributed by atoms with E-state index < -0.39 is 0 Å². The van der Waals surface area contributed by atoms with Crippen LogP contribution in [0.2, 0.25) is 0 Å². The highest BCUT2D eigenvalue weighted by Crippen LogP contribution is 2.23. The van der Waals surface area contributed by atoms with E-state index in [4.69, 9.17) is 4.74 Å². The molecule has 0 fully saturated rings. The van der Waals surface area contributed by atoms with Gasteiger partial charge in [0, 0.05) is 5.56 Å². The topological polar surface area (TPSA) is 50.7 Å². The molecule has 0 aromatic heterocycles. The Morgan fingerprint density at radius 2 is 1.80 bits per heavy atom. The number of benzene rings is 2. The molecule has 0 saturated heterocycles. The van der Waals surface area contributed by atoms with Gasteiger partial charge in [-0.1, -0.05) is 57.2 Å². The minimum Gasteiger partial charge on any atom is -0.497 e. The smallest absolute Gasteiger partial charge is 0.275 e. The summed E-state index contributed by atoms with van der Waals surface area (Å²) >= 11 is 0. The largest absolute Gasteiger partial charge is 0.497 e. The molecular formula is C21H22N2O2. The summed E-state index contributed by atoms with van der Waals surface area (Å²) in [6.45, 7) is 6.52. The van der Waals surface area contributed by atoms with Gasteiger partial charge < -0.3 is 10.1 Å². The van der Waals surface area contributed by atoms with E-state index in [-0.39, 0.29) is 11.3 Å². The minimum absolute atomic E-state index is 0.0939. The number of hydrogen-bond acceptors (Lipinski definition) is 3. The molecule has 0 unspecified atom stereocenters. The van der Waals surface area contributed by atoms with E-state index in [0.717, 1.165) is 16.9 Å². The van der Waals surface area contributed by atoms with Crippen LogP contribution in [-0.4, -0.2) is 18.9 Å². The number of carbonyl (C=O) groups is 1. The Bertz CT molecular complexity index is 856. The summed E-state index contributed by atoms with van der Waals surface area (Å²) in [5, 5.41) is 2.84. The van der Waals surface area contributed by atoms with Crippen molar-refractivity contribution < 1.29 is 9.53 Å². The maximum absolute atomic E-state index is 12.2. The zero-order valence-corrected chi connectivity index (χ0v) is 15.0. The van der Waals surface area contributed by atoms with Crippen LogP contribution >= 0.6 is 0 Å². The molecule has 2 aromatic rings. The molecule has 3 rings (SSSR count). The number of amides is 1. The Morgan fingerprint density at radius 1 is 1.08 bits per heavy atom. The molecule has 1 aliphatic rings. The second-order valence-corrected chi connectivity index (χ2v) is 7.05. The molecule has 2 aromatic carbocycles. The SMILES string of the molecule is COc1cccc(/C=C2/N=C(c3ccc(C(C)(C)C)cc3)NC2=O)c1. The van der Waals surface area contributed by atoms with E-state index in [9.17, 15) is 4.79 Å². The lowest BCUT2D eigenvalue weighted by molar-refractivity contribution is -0.115. The first kappa shape index (κ1) is 17.0. The number of amidine groups is 1. The Balaban J connectivity index is 1.88. The maximum Gasteiger partial charge on any atom is 0.275 e. The van der Waals surface area contributed by atoms with Gasteiger partial charge in [-0.15, -0.1) is 0 Å². The summed E-state index contributed by atoms with van der Waals surface area (Å²) in [4.78, 5) is 16.7. The van der Waals surface area contributed by atoms with Gasteiger partial charge in [0.05, 0.1) is 7.11 Å². The molecule has 0 saturated carbocycles. The Hall–Kier alpha value is -2.88. The summed E-state index contributed by atoms with van der Waals surface area (Å²) in [6.07, 6.45) is 1.76. The van der Waals surface area contributed by atoms with Crippen LogP contribution in [0.5, 0.6) is 5.75 Å². The van der Waals surface area contributed by atoms with Gasteiger partial charge >= 0.3 is 0 Å². The molecule has 128 valence electrons. The monoisotopic (exact) mass is 334 g/mol. The van der Waals surface area contributed by atoms with E-state index >= 15 is 0 Å². The number of aliphatic imine (C=N–C) groups is 1.